The predicted molar refractivity (Wildman–Crippen MR) is 102 cm³/mol. The summed E-state index contributed by atoms with van der Waals surface area (Å²) in [6.45, 7) is 2.71. The maximum atomic E-state index is 12.8. The van der Waals surface area contributed by atoms with Gasteiger partial charge in [-0.05, 0) is 55.0 Å². The minimum absolute atomic E-state index is 0.141. The number of hydrogen-bond acceptors (Lipinski definition) is 3. The van der Waals surface area contributed by atoms with Gasteiger partial charge in [-0.3, -0.25) is 10.1 Å². The van der Waals surface area contributed by atoms with E-state index in [4.69, 9.17) is 28.2 Å². The molecule has 130 valence electrons. The molecule has 2 unspecified atom stereocenters. The summed E-state index contributed by atoms with van der Waals surface area (Å²) in [5.41, 5.74) is 2.01. The Morgan fingerprint density at radius 1 is 1.36 bits per heavy atom. The third-order valence-electron chi connectivity index (χ3n) is 5.37. The van der Waals surface area contributed by atoms with E-state index in [-0.39, 0.29) is 17.2 Å². The molecule has 1 fully saturated rings. The fourth-order valence-electron chi connectivity index (χ4n) is 3.87. The number of anilines is 1. The summed E-state index contributed by atoms with van der Waals surface area (Å²) in [5, 5.41) is 3.05. The Hall–Kier alpha value is -1.85. The van der Waals surface area contributed by atoms with Crippen LogP contribution in [0, 0.1) is 5.41 Å². The van der Waals surface area contributed by atoms with Crippen LogP contribution in [-0.4, -0.2) is 22.3 Å². The van der Waals surface area contributed by atoms with Crippen LogP contribution in [0.5, 0.6) is 0 Å². The number of benzene rings is 1. The van der Waals surface area contributed by atoms with Gasteiger partial charge in [0.25, 0.3) is 0 Å². The molecule has 1 aromatic carbocycles. The lowest BCUT2D eigenvalue weighted by Crippen LogP contribution is -2.41. The number of halogens is 1. The number of likely N-dealkylation sites (tertiary alicyclic amines) is 1. The molecule has 1 aromatic heterocycles. The third kappa shape index (κ3) is 2.75. The summed E-state index contributed by atoms with van der Waals surface area (Å²) in [6, 6.07) is 12.0. The maximum absolute atomic E-state index is 12.8. The molecule has 0 bridgehead atoms. The highest BCUT2D eigenvalue weighted by Crippen LogP contribution is 2.43. The maximum Gasteiger partial charge on any atom is 0.239 e. The highest BCUT2D eigenvalue weighted by Gasteiger charge is 2.48. The first-order valence-electron chi connectivity index (χ1n) is 8.45. The van der Waals surface area contributed by atoms with Crippen LogP contribution < -0.4 is 5.32 Å². The standard InChI is InChI=1S/C19H19ClN2O2S/c1-19(17(23)21-16-9-8-15(20)24-16)10-11-22(18(19)25)14-7-6-12-4-2-3-5-13(12)14/h2-5,8-9,14H,6-7,10-11H2,1H3,(H,21,23). The number of thiocarbonyl (C=S) groups is 1. The largest absolute Gasteiger partial charge is 0.429 e. The topological polar surface area (TPSA) is 45.5 Å². The molecule has 2 heterocycles. The van der Waals surface area contributed by atoms with Crippen molar-refractivity contribution < 1.29 is 9.21 Å². The van der Waals surface area contributed by atoms with Crippen molar-refractivity contribution in [2.45, 2.75) is 32.2 Å². The number of amides is 1. The summed E-state index contributed by atoms with van der Waals surface area (Å²) < 4.78 is 5.24. The fourth-order valence-corrected chi connectivity index (χ4v) is 4.43. The molecule has 2 aliphatic rings. The number of furan rings is 1. The first-order chi connectivity index (χ1) is 12.0. The molecule has 4 rings (SSSR count). The van der Waals surface area contributed by atoms with Gasteiger partial charge in [-0.1, -0.05) is 36.5 Å². The molecular weight excluding hydrogens is 356 g/mol. The van der Waals surface area contributed by atoms with E-state index in [2.05, 4.69) is 34.5 Å². The van der Waals surface area contributed by atoms with Crippen molar-refractivity contribution in [3.8, 4) is 0 Å². The number of rotatable bonds is 3. The smallest absolute Gasteiger partial charge is 0.239 e. The summed E-state index contributed by atoms with van der Waals surface area (Å²) >= 11 is 11.5. The molecule has 1 amide bonds. The Morgan fingerprint density at radius 2 is 2.16 bits per heavy atom. The minimum Gasteiger partial charge on any atom is -0.429 e. The molecule has 1 saturated heterocycles. The molecule has 25 heavy (non-hydrogen) atoms. The van der Waals surface area contributed by atoms with E-state index in [0.29, 0.717) is 17.3 Å². The van der Waals surface area contributed by atoms with E-state index in [1.54, 1.807) is 12.1 Å². The fraction of sp³-hybridized carbons (Fsp3) is 0.368. The Balaban J connectivity index is 1.54. The van der Waals surface area contributed by atoms with Crippen molar-refractivity contribution >= 4 is 40.6 Å². The van der Waals surface area contributed by atoms with Gasteiger partial charge in [-0.25, -0.2) is 0 Å². The van der Waals surface area contributed by atoms with Gasteiger partial charge in [0.15, 0.2) is 5.22 Å². The molecule has 0 radical (unpaired) electrons. The number of aryl methyl sites for hydroxylation is 1. The molecule has 1 N–H and O–H groups in total. The Labute approximate surface area is 157 Å². The van der Waals surface area contributed by atoms with Crippen LogP contribution in [0.3, 0.4) is 0 Å². The molecule has 1 aliphatic carbocycles. The Kier molecular flexibility index (Phi) is 4.08. The molecule has 1 aliphatic heterocycles. The summed E-state index contributed by atoms with van der Waals surface area (Å²) in [4.78, 5) is 15.8. The Morgan fingerprint density at radius 3 is 2.92 bits per heavy atom. The van der Waals surface area contributed by atoms with Gasteiger partial charge in [0, 0.05) is 12.6 Å². The number of fused-ring (bicyclic) bond motifs is 1. The van der Waals surface area contributed by atoms with Crippen molar-refractivity contribution in [3.63, 3.8) is 0 Å². The molecule has 0 saturated carbocycles. The van der Waals surface area contributed by atoms with Gasteiger partial charge in [0.1, 0.15) is 0 Å². The monoisotopic (exact) mass is 374 g/mol. The highest BCUT2D eigenvalue weighted by molar-refractivity contribution is 7.80. The number of nitrogens with one attached hydrogen (secondary N) is 1. The zero-order valence-corrected chi connectivity index (χ0v) is 15.5. The van der Waals surface area contributed by atoms with E-state index < -0.39 is 5.41 Å². The molecule has 2 aromatic rings. The van der Waals surface area contributed by atoms with Gasteiger partial charge in [0.05, 0.1) is 16.4 Å². The van der Waals surface area contributed by atoms with Crippen molar-refractivity contribution in [1.82, 2.24) is 4.90 Å². The lowest BCUT2D eigenvalue weighted by molar-refractivity contribution is -0.121. The van der Waals surface area contributed by atoms with Crippen LogP contribution >= 0.6 is 23.8 Å². The first-order valence-corrected chi connectivity index (χ1v) is 9.23. The summed E-state index contributed by atoms with van der Waals surface area (Å²) in [5.74, 6) is 0.209. The number of carbonyl (C=O) groups is 1. The quantitative estimate of drug-likeness (QED) is 0.797. The lowest BCUT2D eigenvalue weighted by Gasteiger charge is -2.30. The normalized spacial score (nSPS) is 25.3. The van der Waals surface area contributed by atoms with Crippen LogP contribution in [0.1, 0.15) is 36.9 Å². The molecule has 0 spiro atoms. The highest BCUT2D eigenvalue weighted by atomic mass is 35.5. The van der Waals surface area contributed by atoms with Gasteiger partial charge < -0.3 is 9.32 Å². The second kappa shape index (κ2) is 6.15. The summed E-state index contributed by atoms with van der Waals surface area (Å²) in [6.07, 6.45) is 2.81. The van der Waals surface area contributed by atoms with E-state index in [0.717, 1.165) is 19.4 Å². The van der Waals surface area contributed by atoms with Gasteiger partial charge in [0.2, 0.25) is 11.8 Å². The van der Waals surface area contributed by atoms with Crippen LogP contribution in [0.2, 0.25) is 5.22 Å². The van der Waals surface area contributed by atoms with E-state index in [1.807, 2.05) is 6.92 Å². The van der Waals surface area contributed by atoms with Crippen LogP contribution in [0.15, 0.2) is 40.8 Å². The molecule has 4 nitrogen and oxygen atoms in total. The number of nitrogens with zero attached hydrogens (tertiary/aromatic N) is 1. The second-order valence-corrected chi connectivity index (χ2v) is 7.65. The van der Waals surface area contributed by atoms with E-state index in [1.165, 1.54) is 11.1 Å². The average Bonchev–Trinajstić information content (AvgIpc) is 3.28. The van der Waals surface area contributed by atoms with Gasteiger partial charge in [-0.15, -0.1) is 0 Å². The lowest BCUT2D eigenvalue weighted by atomic mass is 9.88. The van der Waals surface area contributed by atoms with E-state index >= 15 is 0 Å². The molecular formula is C19H19ClN2O2S. The number of hydrogen-bond donors (Lipinski definition) is 1. The van der Waals surface area contributed by atoms with Crippen molar-refractivity contribution in [1.29, 1.82) is 0 Å². The van der Waals surface area contributed by atoms with Crippen LogP contribution in [-0.2, 0) is 11.2 Å². The van der Waals surface area contributed by atoms with Crippen LogP contribution in [0.25, 0.3) is 0 Å². The van der Waals surface area contributed by atoms with Crippen molar-refractivity contribution in [2.24, 2.45) is 5.41 Å². The second-order valence-electron chi connectivity index (χ2n) is 6.89. The van der Waals surface area contributed by atoms with Gasteiger partial charge >= 0.3 is 0 Å². The van der Waals surface area contributed by atoms with Crippen molar-refractivity contribution in [2.75, 3.05) is 11.9 Å². The van der Waals surface area contributed by atoms with Gasteiger partial charge in [-0.2, -0.15) is 0 Å². The van der Waals surface area contributed by atoms with E-state index in [9.17, 15) is 4.79 Å². The first kappa shape index (κ1) is 16.6. The SMILES string of the molecule is CC1(C(=O)Nc2ccc(Cl)o2)CCN(C2CCc3ccccc32)C1=S. The zero-order chi connectivity index (χ0) is 17.6. The summed E-state index contributed by atoms with van der Waals surface area (Å²) in [7, 11) is 0. The zero-order valence-electron chi connectivity index (χ0n) is 13.9. The molecule has 2 atom stereocenters. The Bertz CT molecular complexity index is 849. The average molecular weight is 375 g/mol. The number of carbonyl (C=O) groups excluding carboxylic acids is 1. The third-order valence-corrected chi connectivity index (χ3v) is 6.26. The predicted octanol–water partition coefficient (Wildman–Crippen LogP) is 4.60. The van der Waals surface area contributed by atoms with Crippen molar-refractivity contribution in [3.05, 3.63) is 52.7 Å². The minimum atomic E-state index is -0.716. The van der Waals surface area contributed by atoms with Crippen LogP contribution in [0.4, 0.5) is 5.88 Å². The molecule has 6 heteroatoms.